The number of esters is 1. The van der Waals surface area contributed by atoms with E-state index in [1.165, 1.54) is 0 Å². The maximum atomic E-state index is 13.5. The predicted molar refractivity (Wildman–Crippen MR) is 131 cm³/mol. The minimum absolute atomic E-state index is 0.0628. The fraction of sp³-hybridized carbons (Fsp3) is 0.321. The van der Waals surface area contributed by atoms with Crippen LogP contribution in [0.1, 0.15) is 59.0 Å². The van der Waals surface area contributed by atoms with Crippen LogP contribution in [0.4, 0.5) is 0 Å². The molecule has 0 bridgehead atoms. The van der Waals surface area contributed by atoms with E-state index in [0.717, 1.165) is 44.9 Å². The molecule has 6 nitrogen and oxygen atoms in total. The topological polar surface area (TPSA) is 76.7 Å². The molecule has 2 aromatic heterocycles. The van der Waals surface area contributed by atoms with Crippen molar-refractivity contribution in [1.82, 2.24) is 14.6 Å². The summed E-state index contributed by atoms with van der Waals surface area (Å²) in [5.74, 6) is 0.203. The lowest BCUT2D eigenvalue weighted by Crippen LogP contribution is -2.34. The van der Waals surface area contributed by atoms with E-state index in [4.69, 9.17) is 4.74 Å². The van der Waals surface area contributed by atoms with Crippen molar-refractivity contribution in [3.05, 3.63) is 100.0 Å². The first-order chi connectivity index (χ1) is 16.2. The molecule has 0 saturated heterocycles. The van der Waals surface area contributed by atoms with Gasteiger partial charge in [0.1, 0.15) is 12.4 Å². The van der Waals surface area contributed by atoms with Gasteiger partial charge in [0.2, 0.25) is 0 Å². The molecule has 0 unspecified atom stereocenters. The van der Waals surface area contributed by atoms with Gasteiger partial charge in [0, 0.05) is 12.1 Å². The number of aryl methyl sites for hydroxylation is 3. The molecule has 1 atom stereocenters. The molecule has 0 spiro atoms. The molecule has 0 saturated carbocycles. The number of ether oxygens (including phenoxy) is 1. The molecule has 0 fully saturated rings. The van der Waals surface area contributed by atoms with Gasteiger partial charge in [0.05, 0.1) is 12.0 Å². The maximum absolute atomic E-state index is 13.5. The molecule has 4 rings (SSSR count). The third kappa shape index (κ3) is 4.33. The molecule has 0 aliphatic carbocycles. The van der Waals surface area contributed by atoms with Crippen LogP contribution >= 0.6 is 0 Å². The van der Waals surface area contributed by atoms with Gasteiger partial charge in [-0.15, -0.1) is 10.2 Å². The van der Waals surface area contributed by atoms with Gasteiger partial charge in [-0.1, -0.05) is 48.5 Å². The standard InChI is InChI=1S/C28H31N3O3/c1-18-11-12-22(15-23(18)16-32)25(24-13-14-31-20(3)29-30-26(31)19(24)2)28(4,5)27(33)34-17-21-9-7-6-8-10-21/h6-15,25,32H,16-17H2,1-5H3/t25-/m0/s1. The normalized spacial score (nSPS) is 12.6. The quantitative estimate of drug-likeness (QED) is 0.393. The van der Waals surface area contributed by atoms with E-state index in [2.05, 4.69) is 10.2 Å². The number of aromatic nitrogens is 3. The zero-order chi connectivity index (χ0) is 24.5. The molecule has 0 aliphatic rings. The predicted octanol–water partition coefficient (Wildman–Crippen LogP) is 5.05. The average Bonchev–Trinajstić information content (AvgIpc) is 3.22. The Kier molecular flexibility index (Phi) is 6.53. The largest absolute Gasteiger partial charge is 0.460 e. The van der Waals surface area contributed by atoms with Crippen LogP contribution in [0.15, 0.2) is 60.8 Å². The second-order valence-electron chi connectivity index (χ2n) is 9.40. The molecule has 6 heteroatoms. The van der Waals surface area contributed by atoms with Gasteiger partial charge in [0.15, 0.2) is 5.65 Å². The molecular weight excluding hydrogens is 426 g/mol. The van der Waals surface area contributed by atoms with Crippen LogP contribution in [0.5, 0.6) is 0 Å². The van der Waals surface area contributed by atoms with E-state index in [0.29, 0.717) is 0 Å². The van der Waals surface area contributed by atoms with Gasteiger partial charge in [0.25, 0.3) is 0 Å². The third-order valence-electron chi connectivity index (χ3n) is 6.69. The summed E-state index contributed by atoms with van der Waals surface area (Å²) < 4.78 is 7.76. The SMILES string of the molecule is Cc1ccc([C@@H](c2ccn3c(C)nnc3c2C)C(C)(C)C(=O)OCc2ccccc2)cc1CO. The molecule has 4 aromatic rings. The number of benzene rings is 2. The third-order valence-corrected chi connectivity index (χ3v) is 6.69. The van der Waals surface area contributed by atoms with Crippen LogP contribution in [0.3, 0.4) is 0 Å². The fourth-order valence-corrected chi connectivity index (χ4v) is 4.58. The summed E-state index contributed by atoms with van der Waals surface area (Å²) >= 11 is 0. The molecule has 176 valence electrons. The highest BCUT2D eigenvalue weighted by molar-refractivity contribution is 5.79. The van der Waals surface area contributed by atoms with Gasteiger partial charge in [-0.3, -0.25) is 9.20 Å². The summed E-state index contributed by atoms with van der Waals surface area (Å²) in [7, 11) is 0. The summed E-state index contributed by atoms with van der Waals surface area (Å²) in [6.45, 7) is 9.89. The Morgan fingerprint density at radius 1 is 1.06 bits per heavy atom. The van der Waals surface area contributed by atoms with E-state index in [9.17, 15) is 9.90 Å². The number of carbonyl (C=O) groups excluding carboxylic acids is 1. The molecule has 0 aliphatic heterocycles. The molecule has 0 radical (unpaired) electrons. The van der Waals surface area contributed by atoms with E-state index in [-0.39, 0.29) is 25.1 Å². The Labute approximate surface area is 200 Å². The van der Waals surface area contributed by atoms with Crippen molar-refractivity contribution in [2.24, 2.45) is 5.41 Å². The summed E-state index contributed by atoms with van der Waals surface area (Å²) in [4.78, 5) is 13.5. The van der Waals surface area contributed by atoms with Crippen molar-refractivity contribution in [2.45, 2.75) is 53.8 Å². The molecule has 2 aromatic carbocycles. The molecular formula is C28H31N3O3. The lowest BCUT2D eigenvalue weighted by Gasteiger charge is -2.34. The van der Waals surface area contributed by atoms with E-state index in [1.807, 2.05) is 99.8 Å². The molecule has 1 N–H and O–H groups in total. The maximum Gasteiger partial charge on any atom is 0.312 e. The van der Waals surface area contributed by atoms with Gasteiger partial charge in [-0.25, -0.2) is 0 Å². The van der Waals surface area contributed by atoms with E-state index in [1.54, 1.807) is 0 Å². The van der Waals surface area contributed by atoms with Crippen LogP contribution in [0.25, 0.3) is 5.65 Å². The highest BCUT2D eigenvalue weighted by Gasteiger charge is 2.41. The monoisotopic (exact) mass is 457 g/mol. The number of rotatable bonds is 7. The van der Waals surface area contributed by atoms with Gasteiger partial charge < -0.3 is 9.84 Å². The highest BCUT2D eigenvalue weighted by Crippen LogP contribution is 2.44. The van der Waals surface area contributed by atoms with Gasteiger partial charge in [-0.05, 0) is 74.1 Å². The summed E-state index contributed by atoms with van der Waals surface area (Å²) in [6, 6.07) is 17.7. The van der Waals surface area contributed by atoms with Crippen molar-refractivity contribution in [2.75, 3.05) is 0 Å². The summed E-state index contributed by atoms with van der Waals surface area (Å²) in [5.41, 5.74) is 5.55. The Hall–Kier alpha value is -3.51. The van der Waals surface area contributed by atoms with Crippen LogP contribution < -0.4 is 0 Å². The molecule has 0 amide bonds. The fourth-order valence-electron chi connectivity index (χ4n) is 4.58. The number of aliphatic hydroxyl groups excluding tert-OH is 1. The minimum Gasteiger partial charge on any atom is -0.460 e. The van der Waals surface area contributed by atoms with Crippen LogP contribution in [0.2, 0.25) is 0 Å². The second-order valence-corrected chi connectivity index (χ2v) is 9.40. The first-order valence-electron chi connectivity index (χ1n) is 11.5. The number of hydrogen-bond donors (Lipinski definition) is 1. The number of aliphatic hydroxyl groups is 1. The van der Waals surface area contributed by atoms with Crippen molar-refractivity contribution in [3.8, 4) is 0 Å². The van der Waals surface area contributed by atoms with Gasteiger partial charge in [-0.2, -0.15) is 0 Å². The Morgan fingerprint density at radius 3 is 2.50 bits per heavy atom. The smallest absolute Gasteiger partial charge is 0.312 e. The number of pyridine rings is 1. The molecule has 34 heavy (non-hydrogen) atoms. The van der Waals surface area contributed by atoms with Crippen LogP contribution in [-0.2, 0) is 22.7 Å². The second kappa shape index (κ2) is 9.39. The number of nitrogens with zero attached hydrogens (tertiary/aromatic N) is 3. The van der Waals surface area contributed by atoms with Crippen molar-refractivity contribution < 1.29 is 14.6 Å². The van der Waals surface area contributed by atoms with Crippen molar-refractivity contribution >= 4 is 11.6 Å². The summed E-state index contributed by atoms with van der Waals surface area (Å²) in [5, 5.41) is 18.5. The first kappa shape index (κ1) is 23.6. The number of hydrogen-bond acceptors (Lipinski definition) is 5. The highest BCUT2D eigenvalue weighted by atomic mass is 16.5. The van der Waals surface area contributed by atoms with Crippen LogP contribution in [-0.4, -0.2) is 25.7 Å². The zero-order valence-corrected chi connectivity index (χ0v) is 20.4. The lowest BCUT2D eigenvalue weighted by molar-refractivity contribution is -0.156. The van der Waals surface area contributed by atoms with Crippen molar-refractivity contribution in [3.63, 3.8) is 0 Å². The summed E-state index contributed by atoms with van der Waals surface area (Å²) in [6.07, 6.45) is 1.95. The zero-order valence-electron chi connectivity index (χ0n) is 20.4. The minimum atomic E-state index is -0.894. The Bertz CT molecular complexity index is 1330. The average molecular weight is 458 g/mol. The lowest BCUT2D eigenvalue weighted by atomic mass is 9.70. The Balaban J connectivity index is 1.80. The van der Waals surface area contributed by atoms with Gasteiger partial charge >= 0.3 is 5.97 Å². The van der Waals surface area contributed by atoms with E-state index >= 15 is 0 Å². The number of carbonyl (C=O) groups is 1. The first-order valence-corrected chi connectivity index (χ1v) is 11.5. The van der Waals surface area contributed by atoms with Crippen LogP contribution in [0, 0.1) is 26.2 Å². The Morgan fingerprint density at radius 2 is 1.79 bits per heavy atom. The number of fused-ring (bicyclic) bond motifs is 1. The molecule has 2 heterocycles. The van der Waals surface area contributed by atoms with E-state index < -0.39 is 5.41 Å². The van der Waals surface area contributed by atoms with Crippen molar-refractivity contribution in [1.29, 1.82) is 0 Å².